The van der Waals surface area contributed by atoms with E-state index in [4.69, 9.17) is 13.4 Å². The Balaban J connectivity index is 2.97. The summed E-state index contributed by atoms with van der Waals surface area (Å²) in [5.74, 6) is -2.67. The lowest BCUT2D eigenvalue weighted by atomic mass is 9.97. The highest BCUT2D eigenvalue weighted by molar-refractivity contribution is 6.62. The first-order valence-electron chi connectivity index (χ1n) is 5.94. The van der Waals surface area contributed by atoms with Crippen LogP contribution in [0.2, 0.25) is 0 Å². The largest absolute Gasteiger partial charge is 0.460 e. The van der Waals surface area contributed by atoms with E-state index < -0.39 is 29.3 Å². The molecule has 0 saturated heterocycles. The van der Waals surface area contributed by atoms with E-state index in [9.17, 15) is 14.4 Å². The van der Waals surface area contributed by atoms with Crippen molar-refractivity contribution < 1.29 is 23.9 Å². The van der Waals surface area contributed by atoms with Crippen molar-refractivity contribution in [2.45, 2.75) is 12.5 Å². The highest BCUT2D eigenvalue weighted by Gasteiger charge is 2.32. The van der Waals surface area contributed by atoms with Crippen molar-refractivity contribution >= 4 is 31.1 Å². The predicted octanol–water partition coefficient (Wildman–Crippen LogP) is 0.409. The van der Waals surface area contributed by atoms with Gasteiger partial charge in [0.2, 0.25) is 7.85 Å². The SMILES string of the molecule is [B]C(=O)NC(CC(=O)C(=[N+]=[N-])C(=O)OC)c1ccccc1. The molecule has 0 aliphatic rings. The van der Waals surface area contributed by atoms with Crippen molar-refractivity contribution in [2.75, 3.05) is 7.11 Å². The van der Waals surface area contributed by atoms with E-state index in [2.05, 4.69) is 14.8 Å². The maximum absolute atomic E-state index is 12.0. The highest BCUT2D eigenvalue weighted by atomic mass is 16.5. The Labute approximate surface area is 122 Å². The molecule has 7 nitrogen and oxygen atoms in total. The number of amides is 1. The number of nitrogens with one attached hydrogen (secondary N) is 1. The first-order chi connectivity index (χ1) is 9.99. The van der Waals surface area contributed by atoms with Crippen LogP contribution in [-0.2, 0) is 14.3 Å². The lowest BCUT2D eigenvalue weighted by Crippen LogP contribution is -2.33. The fourth-order valence-electron chi connectivity index (χ4n) is 1.70. The molecule has 0 bridgehead atoms. The molecule has 1 amide bonds. The van der Waals surface area contributed by atoms with Gasteiger partial charge in [-0.25, -0.2) is 4.79 Å². The molecule has 2 radical (unpaired) electrons. The summed E-state index contributed by atoms with van der Waals surface area (Å²) in [5.41, 5.74) is 8.59. The van der Waals surface area contributed by atoms with E-state index in [0.29, 0.717) is 5.56 Å². The fourth-order valence-corrected chi connectivity index (χ4v) is 1.70. The van der Waals surface area contributed by atoms with Gasteiger partial charge in [-0.2, -0.15) is 4.79 Å². The first-order valence-corrected chi connectivity index (χ1v) is 5.94. The zero-order valence-electron chi connectivity index (χ0n) is 11.3. The quantitative estimate of drug-likeness (QED) is 0.204. The summed E-state index contributed by atoms with van der Waals surface area (Å²) in [6.07, 6.45) is -0.304. The number of hydrogen-bond donors (Lipinski definition) is 1. The average Bonchev–Trinajstić information content (AvgIpc) is 2.47. The maximum atomic E-state index is 12.0. The second-order valence-corrected chi connectivity index (χ2v) is 4.04. The van der Waals surface area contributed by atoms with Crippen molar-refractivity contribution in [1.82, 2.24) is 5.32 Å². The van der Waals surface area contributed by atoms with Gasteiger partial charge >= 0.3 is 11.7 Å². The van der Waals surface area contributed by atoms with Crippen molar-refractivity contribution in [2.24, 2.45) is 0 Å². The molecule has 1 N–H and O–H groups in total. The predicted molar refractivity (Wildman–Crippen MR) is 73.7 cm³/mol. The zero-order chi connectivity index (χ0) is 15.8. The minimum absolute atomic E-state index is 0.304. The number of methoxy groups -OCH3 is 1. The van der Waals surface area contributed by atoms with Gasteiger partial charge < -0.3 is 15.6 Å². The van der Waals surface area contributed by atoms with Gasteiger partial charge in [-0.1, -0.05) is 30.3 Å². The molecule has 0 heterocycles. The molecular weight excluding hydrogens is 273 g/mol. The number of nitrogens with zero attached hydrogens (tertiary/aromatic N) is 2. The Morgan fingerprint density at radius 3 is 2.43 bits per heavy atom. The molecule has 1 rings (SSSR count). The molecule has 0 aliphatic carbocycles. The van der Waals surface area contributed by atoms with Crippen LogP contribution in [0.15, 0.2) is 30.3 Å². The van der Waals surface area contributed by atoms with E-state index in [0.717, 1.165) is 7.11 Å². The number of carbonyl (C=O) groups is 3. The lowest BCUT2D eigenvalue weighted by Gasteiger charge is -2.16. The molecule has 8 heteroatoms. The van der Waals surface area contributed by atoms with E-state index in [1.165, 1.54) is 0 Å². The number of carbonyl (C=O) groups excluding carboxylic acids is 3. The molecule has 1 unspecified atom stereocenters. The summed E-state index contributed by atoms with van der Waals surface area (Å²) in [6, 6.07) is 7.82. The molecule has 0 fully saturated rings. The molecule has 1 aromatic rings. The van der Waals surface area contributed by atoms with Crippen LogP contribution < -0.4 is 5.32 Å². The third-order valence-corrected chi connectivity index (χ3v) is 2.65. The Morgan fingerprint density at radius 2 is 1.95 bits per heavy atom. The third kappa shape index (κ3) is 4.70. The van der Waals surface area contributed by atoms with E-state index in [1.54, 1.807) is 30.3 Å². The Hall–Kier alpha value is -2.73. The van der Waals surface area contributed by atoms with Crippen LogP contribution in [0.5, 0.6) is 0 Å². The van der Waals surface area contributed by atoms with Crippen LogP contribution in [0.4, 0.5) is 4.79 Å². The van der Waals surface area contributed by atoms with E-state index in [1.807, 2.05) is 0 Å². The number of hydrogen-bond acceptors (Lipinski definition) is 4. The van der Waals surface area contributed by atoms with Crippen molar-refractivity contribution in [3.05, 3.63) is 41.4 Å². The molecule has 1 aromatic carbocycles. The van der Waals surface area contributed by atoms with Crippen molar-refractivity contribution in [3.8, 4) is 0 Å². The van der Waals surface area contributed by atoms with Gasteiger partial charge in [0, 0.05) is 6.42 Å². The summed E-state index contributed by atoms with van der Waals surface area (Å²) in [7, 11) is 6.12. The number of ether oxygens (including phenoxy) is 1. The standard InChI is InChI=1S/C13H12BN3O4/c1-21-12(19)11(17-15)10(18)7-9(16-13(14)20)8-5-3-2-4-6-8/h2-6,9H,7H2,1H3,(H,16,20). The van der Waals surface area contributed by atoms with Gasteiger partial charge in [-0.05, 0) is 5.56 Å². The maximum Gasteiger partial charge on any atom is 0.441 e. The molecule has 0 aromatic heterocycles. The van der Waals surface area contributed by atoms with Crippen LogP contribution >= 0.6 is 0 Å². The van der Waals surface area contributed by atoms with Gasteiger partial charge in [-0.3, -0.25) is 9.59 Å². The Kier molecular flexibility index (Phi) is 6.04. The van der Waals surface area contributed by atoms with Crippen LogP contribution in [0.3, 0.4) is 0 Å². The van der Waals surface area contributed by atoms with Crippen LogP contribution in [0.25, 0.3) is 5.53 Å². The van der Waals surface area contributed by atoms with Gasteiger partial charge in [0.15, 0.2) is 5.81 Å². The number of esters is 1. The number of ketones is 1. The number of Topliss-reactive ketones (excluding diaryl/α,β-unsaturated/α-hetero) is 1. The normalized spacial score (nSPS) is 10.9. The van der Waals surface area contributed by atoms with Crippen LogP contribution in [-0.4, -0.2) is 43.0 Å². The minimum atomic E-state index is -1.06. The fraction of sp³-hybridized carbons (Fsp3) is 0.231. The topological polar surface area (TPSA) is 109 Å². The average molecular weight is 285 g/mol. The van der Waals surface area contributed by atoms with Crippen LogP contribution in [0.1, 0.15) is 18.0 Å². The second kappa shape index (κ2) is 7.76. The Morgan fingerprint density at radius 1 is 1.33 bits per heavy atom. The molecular formula is C13H12BN3O4. The van der Waals surface area contributed by atoms with Gasteiger partial charge in [0.1, 0.15) is 0 Å². The smallest absolute Gasteiger partial charge is 0.441 e. The molecule has 0 spiro atoms. The summed E-state index contributed by atoms with van der Waals surface area (Å²) in [6.45, 7) is 0. The van der Waals surface area contributed by atoms with Crippen molar-refractivity contribution in [3.63, 3.8) is 0 Å². The summed E-state index contributed by atoms with van der Waals surface area (Å²) >= 11 is 0. The van der Waals surface area contributed by atoms with Crippen molar-refractivity contribution in [1.29, 1.82) is 0 Å². The zero-order valence-corrected chi connectivity index (χ0v) is 11.3. The number of rotatable bonds is 6. The molecule has 0 aliphatic heterocycles. The van der Waals surface area contributed by atoms with Gasteiger partial charge in [-0.15, -0.1) is 0 Å². The lowest BCUT2D eigenvalue weighted by molar-refractivity contribution is -0.139. The highest BCUT2D eigenvalue weighted by Crippen LogP contribution is 2.17. The third-order valence-electron chi connectivity index (χ3n) is 2.65. The van der Waals surface area contributed by atoms with Gasteiger partial charge in [0.05, 0.1) is 13.2 Å². The number of benzene rings is 1. The molecule has 1 atom stereocenters. The van der Waals surface area contributed by atoms with Crippen LogP contribution in [0, 0.1) is 0 Å². The Bertz CT molecular complexity index is 597. The van der Waals surface area contributed by atoms with Gasteiger partial charge in [0.25, 0.3) is 5.78 Å². The van der Waals surface area contributed by atoms with E-state index in [-0.39, 0.29) is 6.42 Å². The molecule has 0 saturated carbocycles. The minimum Gasteiger partial charge on any atom is -0.460 e. The first kappa shape index (κ1) is 16.3. The summed E-state index contributed by atoms with van der Waals surface area (Å²) in [5, 5.41) is 2.39. The second-order valence-electron chi connectivity index (χ2n) is 4.04. The van der Waals surface area contributed by atoms with E-state index >= 15 is 0 Å². The monoisotopic (exact) mass is 285 g/mol. The summed E-state index contributed by atoms with van der Waals surface area (Å²) < 4.78 is 4.33. The summed E-state index contributed by atoms with van der Waals surface area (Å²) in [4.78, 5) is 36.9. The molecule has 21 heavy (non-hydrogen) atoms. The molecule has 106 valence electrons.